The molecule has 3 heteroatoms. The van der Waals surface area contributed by atoms with Crippen molar-refractivity contribution in [3.05, 3.63) is 35.9 Å². The molecule has 0 fully saturated rings. The predicted octanol–water partition coefficient (Wildman–Crippen LogP) is -2.36. The van der Waals surface area contributed by atoms with Crippen LogP contribution in [0.15, 0.2) is 30.3 Å². The van der Waals surface area contributed by atoms with Gasteiger partial charge in [0.15, 0.2) is 0 Å². The van der Waals surface area contributed by atoms with Crippen LogP contribution in [0.3, 0.4) is 0 Å². The van der Waals surface area contributed by atoms with Crippen molar-refractivity contribution < 1.29 is 22.4 Å². The van der Waals surface area contributed by atoms with Crippen LogP contribution in [0, 0.1) is 0 Å². The molecule has 0 aliphatic heterocycles. The number of benzene rings is 1. The summed E-state index contributed by atoms with van der Waals surface area (Å²) in [4.78, 5) is 0. The third kappa shape index (κ3) is 2.80. The highest BCUT2D eigenvalue weighted by molar-refractivity contribution is 5.12. The smallest absolute Gasteiger partial charge is 0.137 e. The molecule has 0 atom stereocenters. The van der Waals surface area contributed by atoms with Gasteiger partial charge in [-0.05, 0) is 4.48 Å². The second kappa shape index (κ2) is 5.21. The van der Waals surface area contributed by atoms with E-state index >= 15 is 0 Å². The first kappa shape index (κ1) is 9.40. The molecule has 0 aromatic heterocycles. The fourth-order valence-corrected chi connectivity index (χ4v) is 0.703. The highest BCUT2D eigenvalue weighted by Crippen LogP contribution is 1.93. The molecule has 1 aromatic carbocycles. The summed E-state index contributed by atoms with van der Waals surface area (Å²) in [5, 5.41) is 0. The van der Waals surface area contributed by atoms with Crippen molar-refractivity contribution in [2.45, 2.75) is 6.54 Å². The number of hydrogen-bond donors (Lipinski definition) is 1. The van der Waals surface area contributed by atoms with Crippen LogP contribution in [0.1, 0.15) is 5.56 Å². The molecule has 56 valence electrons. The van der Waals surface area contributed by atoms with Crippen LogP contribution in [-0.2, 0) is 6.54 Å². The van der Waals surface area contributed by atoms with Gasteiger partial charge < -0.3 is 12.4 Å². The zero-order valence-corrected chi connectivity index (χ0v) is 6.18. The van der Waals surface area contributed by atoms with Gasteiger partial charge in [-0.25, -0.2) is 0 Å². The van der Waals surface area contributed by atoms with Gasteiger partial charge in [-0.3, -0.25) is 0 Å². The van der Waals surface area contributed by atoms with Crippen molar-refractivity contribution >= 4 is 0 Å². The topological polar surface area (TPSA) is 16.6 Å². The zero-order chi connectivity index (χ0) is 6.53. The standard InChI is InChI=1S/C7H8FN.ClH/c8-9-6-7-4-2-1-3-5-7;/h1-5,9H,6H2;1H. The summed E-state index contributed by atoms with van der Waals surface area (Å²) in [5.74, 6) is 0. The highest BCUT2D eigenvalue weighted by Gasteiger charge is 1.89. The summed E-state index contributed by atoms with van der Waals surface area (Å²) in [5.41, 5.74) is 1.68. The second-order valence-electron chi connectivity index (χ2n) is 1.84. The number of hydrogen-bond acceptors (Lipinski definition) is 0. The van der Waals surface area contributed by atoms with Gasteiger partial charge in [0.2, 0.25) is 0 Å². The molecule has 2 N–H and O–H groups in total. The highest BCUT2D eigenvalue weighted by atomic mass is 35.5. The zero-order valence-electron chi connectivity index (χ0n) is 5.43. The van der Waals surface area contributed by atoms with Gasteiger partial charge in [-0.1, -0.05) is 30.3 Å². The van der Waals surface area contributed by atoms with Crippen LogP contribution in [0.2, 0.25) is 0 Å². The molecule has 0 spiro atoms. The van der Waals surface area contributed by atoms with E-state index in [-0.39, 0.29) is 12.4 Å². The first-order valence-corrected chi connectivity index (χ1v) is 2.89. The van der Waals surface area contributed by atoms with Gasteiger partial charge in [0, 0.05) is 5.56 Å². The molecular formula is C7H9ClFN. The first-order valence-electron chi connectivity index (χ1n) is 2.89. The first-order chi connectivity index (χ1) is 4.43. The third-order valence-corrected chi connectivity index (χ3v) is 1.16. The minimum atomic E-state index is 0. The van der Waals surface area contributed by atoms with Crippen molar-refractivity contribution in [2.24, 2.45) is 0 Å². The van der Waals surface area contributed by atoms with Crippen LogP contribution in [-0.4, -0.2) is 0 Å². The lowest BCUT2D eigenvalue weighted by atomic mass is 10.2. The van der Waals surface area contributed by atoms with Crippen molar-refractivity contribution in [1.82, 2.24) is 0 Å². The lowest BCUT2D eigenvalue weighted by Crippen LogP contribution is -3.00. The van der Waals surface area contributed by atoms with Crippen molar-refractivity contribution in [1.29, 1.82) is 0 Å². The van der Waals surface area contributed by atoms with E-state index < -0.39 is 0 Å². The SMILES string of the molecule is F[NH2+]Cc1ccccc1.[Cl-]. The number of quaternary nitrogens is 1. The van der Waals surface area contributed by atoms with Crippen molar-refractivity contribution in [3.63, 3.8) is 0 Å². The molecule has 0 aliphatic rings. The fourth-order valence-electron chi connectivity index (χ4n) is 0.703. The van der Waals surface area contributed by atoms with Gasteiger partial charge in [0.25, 0.3) is 0 Å². The average molecular weight is 162 g/mol. The molecular weight excluding hydrogens is 153 g/mol. The summed E-state index contributed by atoms with van der Waals surface area (Å²) in [7, 11) is 0. The normalized spacial score (nSPS) is 8.50. The van der Waals surface area contributed by atoms with Gasteiger partial charge in [0.1, 0.15) is 6.54 Å². The molecule has 0 bridgehead atoms. The summed E-state index contributed by atoms with van der Waals surface area (Å²) in [6.07, 6.45) is 0. The molecule has 0 radical (unpaired) electrons. The van der Waals surface area contributed by atoms with E-state index in [2.05, 4.69) is 0 Å². The van der Waals surface area contributed by atoms with Gasteiger partial charge >= 0.3 is 0 Å². The number of rotatable bonds is 2. The molecule has 10 heavy (non-hydrogen) atoms. The molecule has 0 amide bonds. The van der Waals surface area contributed by atoms with E-state index in [9.17, 15) is 4.48 Å². The number of halogens is 2. The maximum Gasteiger partial charge on any atom is 0.137 e. The van der Waals surface area contributed by atoms with E-state index in [1.165, 1.54) is 0 Å². The Morgan fingerprint density at radius 1 is 1.20 bits per heavy atom. The monoisotopic (exact) mass is 161 g/mol. The minimum Gasteiger partial charge on any atom is -1.00 e. The Bertz CT molecular complexity index is 167. The van der Waals surface area contributed by atoms with Crippen LogP contribution < -0.4 is 17.9 Å². The lowest BCUT2D eigenvalue weighted by Gasteiger charge is -1.89. The molecule has 0 saturated carbocycles. The van der Waals surface area contributed by atoms with Crippen LogP contribution in [0.25, 0.3) is 0 Å². The summed E-state index contributed by atoms with van der Waals surface area (Å²) >= 11 is 0. The second-order valence-corrected chi connectivity index (χ2v) is 1.84. The quantitative estimate of drug-likeness (QED) is 0.468. The Morgan fingerprint density at radius 2 is 1.80 bits per heavy atom. The molecule has 1 nitrogen and oxygen atoms in total. The molecule has 0 heterocycles. The Kier molecular flexibility index (Phi) is 4.89. The largest absolute Gasteiger partial charge is 1.00 e. The van der Waals surface area contributed by atoms with E-state index in [0.29, 0.717) is 12.1 Å². The van der Waals surface area contributed by atoms with E-state index in [4.69, 9.17) is 0 Å². The van der Waals surface area contributed by atoms with Crippen LogP contribution >= 0.6 is 0 Å². The predicted molar refractivity (Wildman–Crippen MR) is 33.2 cm³/mol. The Morgan fingerprint density at radius 3 is 2.30 bits per heavy atom. The third-order valence-electron chi connectivity index (χ3n) is 1.16. The van der Waals surface area contributed by atoms with Crippen molar-refractivity contribution in [3.8, 4) is 0 Å². The molecule has 1 rings (SSSR count). The van der Waals surface area contributed by atoms with Crippen LogP contribution in [0.5, 0.6) is 0 Å². The van der Waals surface area contributed by atoms with Gasteiger partial charge in [-0.2, -0.15) is 0 Å². The molecule has 0 aliphatic carbocycles. The Hall–Kier alpha value is -0.600. The van der Waals surface area contributed by atoms with Crippen molar-refractivity contribution in [2.75, 3.05) is 0 Å². The molecule has 0 unspecified atom stereocenters. The maximum atomic E-state index is 11.6. The maximum absolute atomic E-state index is 11.6. The summed E-state index contributed by atoms with van der Waals surface area (Å²) < 4.78 is 11.6. The van der Waals surface area contributed by atoms with E-state index in [0.717, 1.165) is 5.56 Å². The van der Waals surface area contributed by atoms with Gasteiger partial charge in [-0.15, -0.1) is 5.54 Å². The fraction of sp³-hybridized carbons (Fsp3) is 0.143. The molecule has 0 saturated heterocycles. The summed E-state index contributed by atoms with van der Waals surface area (Å²) in [6.45, 7) is 0.418. The average Bonchev–Trinajstić information content (AvgIpc) is 1.91. The summed E-state index contributed by atoms with van der Waals surface area (Å²) in [6, 6.07) is 9.52. The lowest BCUT2D eigenvalue weighted by molar-refractivity contribution is -0.838. The Labute approximate surface area is 65.6 Å². The number of nitrogens with two attached hydrogens (primary N) is 1. The minimum absolute atomic E-state index is 0. The van der Waals surface area contributed by atoms with E-state index in [1.54, 1.807) is 0 Å². The van der Waals surface area contributed by atoms with Crippen LogP contribution in [0.4, 0.5) is 4.48 Å². The van der Waals surface area contributed by atoms with Gasteiger partial charge in [0.05, 0.1) is 0 Å². The Balaban J connectivity index is 0.000000810. The van der Waals surface area contributed by atoms with E-state index in [1.807, 2.05) is 30.3 Å². The molecule has 1 aromatic rings.